The number of amides is 1. The number of aromatic nitrogens is 2. The molecule has 1 aromatic rings. The smallest absolute Gasteiger partial charge is 0.229 e. The van der Waals surface area contributed by atoms with Crippen molar-refractivity contribution < 1.29 is 9.32 Å². The lowest BCUT2D eigenvalue weighted by molar-refractivity contribution is -0.124. The van der Waals surface area contributed by atoms with Crippen LogP contribution in [0.2, 0.25) is 0 Å². The van der Waals surface area contributed by atoms with Gasteiger partial charge in [0.15, 0.2) is 5.82 Å². The summed E-state index contributed by atoms with van der Waals surface area (Å²) in [6.45, 7) is 3.99. The average molecular weight is 318 g/mol. The summed E-state index contributed by atoms with van der Waals surface area (Å²) in [4.78, 5) is 16.9. The van der Waals surface area contributed by atoms with Crippen LogP contribution >= 0.6 is 0 Å². The predicted molar refractivity (Wildman–Crippen MR) is 84.8 cm³/mol. The maximum absolute atomic E-state index is 12.5. The van der Waals surface area contributed by atoms with E-state index in [0.717, 1.165) is 63.9 Å². The maximum Gasteiger partial charge on any atom is 0.229 e. The van der Waals surface area contributed by atoms with Gasteiger partial charge < -0.3 is 15.2 Å². The molecule has 6 nitrogen and oxygen atoms in total. The van der Waals surface area contributed by atoms with E-state index in [1.807, 2.05) is 6.92 Å². The van der Waals surface area contributed by atoms with Crippen LogP contribution in [-0.4, -0.2) is 35.2 Å². The Morgan fingerprint density at radius 3 is 2.65 bits per heavy atom. The van der Waals surface area contributed by atoms with Crippen LogP contribution in [0.15, 0.2) is 4.52 Å². The fourth-order valence-corrected chi connectivity index (χ4v) is 4.46. The Kier molecular flexibility index (Phi) is 3.87. The van der Waals surface area contributed by atoms with Crippen molar-refractivity contribution in [2.45, 2.75) is 63.8 Å². The fourth-order valence-electron chi connectivity index (χ4n) is 4.46. The molecule has 2 aliphatic carbocycles. The van der Waals surface area contributed by atoms with Gasteiger partial charge in [-0.25, -0.2) is 0 Å². The fraction of sp³-hybridized carbons (Fsp3) is 0.824. The molecule has 1 spiro atoms. The van der Waals surface area contributed by atoms with Crippen molar-refractivity contribution >= 4 is 5.91 Å². The highest BCUT2D eigenvalue weighted by Crippen LogP contribution is 2.58. The van der Waals surface area contributed by atoms with Gasteiger partial charge in [0.05, 0.1) is 0 Å². The normalized spacial score (nSPS) is 32.7. The van der Waals surface area contributed by atoms with Gasteiger partial charge in [-0.05, 0) is 70.4 Å². The van der Waals surface area contributed by atoms with Crippen LogP contribution in [0.3, 0.4) is 0 Å². The van der Waals surface area contributed by atoms with E-state index < -0.39 is 0 Å². The largest absolute Gasteiger partial charge is 0.353 e. The summed E-state index contributed by atoms with van der Waals surface area (Å²) in [5.41, 5.74) is 0.327. The molecule has 1 atom stereocenters. The van der Waals surface area contributed by atoms with Gasteiger partial charge in [0.1, 0.15) is 0 Å². The molecular weight excluding hydrogens is 292 g/mol. The van der Waals surface area contributed by atoms with Crippen LogP contribution in [-0.2, 0) is 4.79 Å². The van der Waals surface area contributed by atoms with E-state index in [1.54, 1.807) is 0 Å². The SMILES string of the molecule is Cc1noc(C2CCC(NC(=O)C3CC34CCNCC4)CC2)n1. The third-order valence-corrected chi connectivity index (χ3v) is 6.07. The van der Waals surface area contributed by atoms with E-state index in [-0.39, 0.29) is 5.92 Å². The molecule has 0 bridgehead atoms. The highest BCUT2D eigenvalue weighted by Gasteiger charge is 2.57. The van der Waals surface area contributed by atoms with Crippen molar-refractivity contribution in [3.63, 3.8) is 0 Å². The van der Waals surface area contributed by atoms with E-state index >= 15 is 0 Å². The summed E-state index contributed by atoms with van der Waals surface area (Å²) >= 11 is 0. The lowest BCUT2D eigenvalue weighted by atomic mass is 9.85. The molecule has 3 aliphatic rings. The highest BCUT2D eigenvalue weighted by atomic mass is 16.5. The number of piperidine rings is 1. The van der Waals surface area contributed by atoms with E-state index in [4.69, 9.17) is 4.52 Å². The average Bonchev–Trinajstić information content (AvgIpc) is 3.07. The van der Waals surface area contributed by atoms with Crippen LogP contribution in [0.4, 0.5) is 0 Å². The standard InChI is InChI=1S/C17H26N4O2/c1-11-19-16(23-21-11)12-2-4-13(5-3-12)20-15(22)14-10-17(14)6-8-18-9-7-17/h12-14,18H,2-10H2,1H3,(H,20,22). The first-order valence-corrected chi connectivity index (χ1v) is 8.98. The van der Waals surface area contributed by atoms with E-state index in [1.165, 1.54) is 0 Å². The molecule has 1 amide bonds. The Morgan fingerprint density at radius 2 is 2.00 bits per heavy atom. The molecular formula is C17H26N4O2. The zero-order valence-electron chi connectivity index (χ0n) is 13.8. The summed E-state index contributed by atoms with van der Waals surface area (Å²) in [6.07, 6.45) is 7.48. The van der Waals surface area contributed by atoms with Crippen molar-refractivity contribution in [3.8, 4) is 0 Å². The van der Waals surface area contributed by atoms with Crippen LogP contribution in [0.25, 0.3) is 0 Å². The number of hydrogen-bond donors (Lipinski definition) is 2. The van der Waals surface area contributed by atoms with Gasteiger partial charge in [-0.3, -0.25) is 4.79 Å². The molecule has 1 unspecified atom stereocenters. The van der Waals surface area contributed by atoms with Gasteiger partial charge in [0.25, 0.3) is 0 Å². The summed E-state index contributed by atoms with van der Waals surface area (Å²) in [6, 6.07) is 0.321. The molecule has 3 fully saturated rings. The molecule has 1 aliphatic heterocycles. The third kappa shape index (κ3) is 3.01. The Bertz CT molecular complexity index is 571. The van der Waals surface area contributed by atoms with Crippen LogP contribution in [0.5, 0.6) is 0 Å². The molecule has 2 heterocycles. The van der Waals surface area contributed by atoms with Gasteiger partial charge in [-0.15, -0.1) is 0 Å². The van der Waals surface area contributed by atoms with Crippen molar-refractivity contribution in [1.82, 2.24) is 20.8 Å². The first kappa shape index (κ1) is 15.1. The van der Waals surface area contributed by atoms with Gasteiger partial charge >= 0.3 is 0 Å². The minimum absolute atomic E-state index is 0.265. The zero-order chi connectivity index (χ0) is 15.9. The van der Waals surface area contributed by atoms with Crippen molar-refractivity contribution in [2.24, 2.45) is 11.3 Å². The predicted octanol–water partition coefficient (Wildman–Crippen LogP) is 1.91. The first-order valence-electron chi connectivity index (χ1n) is 8.98. The number of carbonyl (C=O) groups is 1. The number of carbonyl (C=O) groups excluding carboxylic acids is 1. The second-order valence-corrected chi connectivity index (χ2v) is 7.61. The van der Waals surface area contributed by atoms with E-state index in [9.17, 15) is 4.79 Å². The quantitative estimate of drug-likeness (QED) is 0.890. The van der Waals surface area contributed by atoms with Crippen LogP contribution in [0.1, 0.15) is 62.6 Å². The molecule has 1 saturated heterocycles. The van der Waals surface area contributed by atoms with Crippen molar-refractivity contribution in [3.05, 3.63) is 11.7 Å². The molecule has 2 N–H and O–H groups in total. The molecule has 6 heteroatoms. The lowest BCUT2D eigenvalue weighted by Crippen LogP contribution is -2.40. The molecule has 4 rings (SSSR count). The monoisotopic (exact) mass is 318 g/mol. The summed E-state index contributed by atoms with van der Waals surface area (Å²) in [7, 11) is 0. The number of rotatable bonds is 3. The molecule has 126 valence electrons. The Balaban J connectivity index is 1.26. The lowest BCUT2D eigenvalue weighted by Gasteiger charge is -2.28. The van der Waals surface area contributed by atoms with Crippen LogP contribution in [0, 0.1) is 18.3 Å². The molecule has 1 aromatic heterocycles. The number of nitrogens with zero attached hydrogens (tertiary/aromatic N) is 2. The number of aryl methyl sites for hydroxylation is 1. The molecule has 0 aromatic carbocycles. The van der Waals surface area contributed by atoms with Crippen LogP contribution < -0.4 is 10.6 Å². The summed E-state index contributed by atoms with van der Waals surface area (Å²) < 4.78 is 5.29. The van der Waals surface area contributed by atoms with Gasteiger partial charge in [-0.2, -0.15) is 4.98 Å². The minimum atomic E-state index is 0.265. The Hall–Kier alpha value is -1.43. The zero-order valence-corrected chi connectivity index (χ0v) is 13.8. The summed E-state index contributed by atoms with van der Waals surface area (Å²) in [5.74, 6) is 2.39. The first-order chi connectivity index (χ1) is 11.2. The van der Waals surface area contributed by atoms with Gasteiger partial charge in [0.2, 0.25) is 11.8 Å². The number of nitrogens with one attached hydrogen (secondary N) is 2. The second kappa shape index (κ2) is 5.89. The third-order valence-electron chi connectivity index (χ3n) is 6.07. The molecule has 23 heavy (non-hydrogen) atoms. The van der Waals surface area contributed by atoms with E-state index in [2.05, 4.69) is 20.8 Å². The van der Waals surface area contributed by atoms with Gasteiger partial charge in [-0.1, -0.05) is 5.16 Å². The Labute approximate surface area is 136 Å². The second-order valence-electron chi connectivity index (χ2n) is 7.61. The molecule has 2 saturated carbocycles. The molecule has 0 radical (unpaired) electrons. The topological polar surface area (TPSA) is 80.0 Å². The van der Waals surface area contributed by atoms with E-state index in [0.29, 0.717) is 29.1 Å². The maximum atomic E-state index is 12.5. The summed E-state index contributed by atoms with van der Waals surface area (Å²) in [5, 5.41) is 10.6. The minimum Gasteiger partial charge on any atom is -0.353 e. The van der Waals surface area contributed by atoms with Crippen molar-refractivity contribution in [2.75, 3.05) is 13.1 Å². The number of hydrogen-bond acceptors (Lipinski definition) is 5. The van der Waals surface area contributed by atoms with Gasteiger partial charge in [0, 0.05) is 17.9 Å². The van der Waals surface area contributed by atoms with Crippen molar-refractivity contribution in [1.29, 1.82) is 0 Å². The highest BCUT2D eigenvalue weighted by molar-refractivity contribution is 5.82. The Morgan fingerprint density at radius 1 is 1.26 bits per heavy atom.